The van der Waals surface area contributed by atoms with Gasteiger partial charge in [-0.2, -0.15) is 13.2 Å². The molecule has 0 radical (unpaired) electrons. The Morgan fingerprint density at radius 3 is 2.46 bits per heavy atom. The van der Waals surface area contributed by atoms with Crippen LogP contribution in [0.25, 0.3) is 0 Å². The Balaban J connectivity index is 1.57. The van der Waals surface area contributed by atoms with E-state index in [4.69, 9.17) is 0 Å². The molecule has 2 saturated heterocycles. The third-order valence-corrected chi connectivity index (χ3v) is 4.67. The first kappa shape index (κ1) is 18.2. The van der Waals surface area contributed by atoms with Crippen LogP contribution in [0.5, 0.6) is 0 Å². The second-order valence-electron chi connectivity index (χ2n) is 6.41. The summed E-state index contributed by atoms with van der Waals surface area (Å²) < 4.78 is 38.3. The van der Waals surface area contributed by atoms with E-state index < -0.39 is 17.8 Å². The van der Waals surface area contributed by atoms with E-state index >= 15 is 0 Å². The molecule has 3 rings (SSSR count). The number of nitrogens with one attached hydrogen (secondary N) is 1. The SMILES string of the molecule is O=C(Cc1cccc(C(F)(F)F)c1)N1CCC(N2C(=O)CNC2=O)CC1. The highest BCUT2D eigenvalue weighted by Crippen LogP contribution is 2.29. The van der Waals surface area contributed by atoms with Gasteiger partial charge in [0.05, 0.1) is 18.5 Å². The molecular weight excluding hydrogens is 351 g/mol. The Hall–Kier alpha value is -2.58. The van der Waals surface area contributed by atoms with E-state index in [1.54, 1.807) is 4.90 Å². The molecule has 1 aromatic carbocycles. The molecule has 1 N–H and O–H groups in total. The molecule has 2 heterocycles. The van der Waals surface area contributed by atoms with Crippen LogP contribution < -0.4 is 5.32 Å². The highest BCUT2D eigenvalue weighted by molar-refractivity contribution is 6.02. The predicted molar refractivity (Wildman–Crippen MR) is 85.0 cm³/mol. The average molecular weight is 369 g/mol. The maximum atomic E-state index is 12.8. The molecule has 0 saturated carbocycles. The number of amides is 4. The zero-order valence-electron chi connectivity index (χ0n) is 13.9. The van der Waals surface area contributed by atoms with Crippen LogP contribution in [0.3, 0.4) is 0 Å². The Bertz CT molecular complexity index is 711. The van der Waals surface area contributed by atoms with Crippen molar-refractivity contribution >= 4 is 17.8 Å². The average Bonchev–Trinajstić information content (AvgIpc) is 2.93. The number of hydrogen-bond acceptors (Lipinski definition) is 3. The van der Waals surface area contributed by atoms with Gasteiger partial charge in [-0.3, -0.25) is 14.5 Å². The van der Waals surface area contributed by atoms with Gasteiger partial charge in [0.2, 0.25) is 11.8 Å². The fourth-order valence-electron chi connectivity index (χ4n) is 3.32. The number of nitrogens with zero attached hydrogens (tertiary/aromatic N) is 2. The van der Waals surface area contributed by atoms with Crippen LogP contribution >= 0.6 is 0 Å². The summed E-state index contributed by atoms with van der Waals surface area (Å²) in [6, 6.07) is 4.07. The molecule has 0 atom stereocenters. The zero-order valence-corrected chi connectivity index (χ0v) is 13.9. The lowest BCUT2D eigenvalue weighted by molar-refractivity contribution is -0.138. The lowest BCUT2D eigenvalue weighted by Gasteiger charge is -2.35. The van der Waals surface area contributed by atoms with Crippen molar-refractivity contribution in [1.29, 1.82) is 0 Å². The van der Waals surface area contributed by atoms with Gasteiger partial charge in [0.15, 0.2) is 0 Å². The van der Waals surface area contributed by atoms with Gasteiger partial charge in [-0.25, -0.2) is 4.79 Å². The van der Waals surface area contributed by atoms with Gasteiger partial charge in [-0.05, 0) is 24.5 Å². The number of rotatable bonds is 3. The molecule has 1 aromatic rings. The van der Waals surface area contributed by atoms with E-state index in [-0.39, 0.29) is 30.8 Å². The van der Waals surface area contributed by atoms with Crippen LogP contribution in [0.15, 0.2) is 24.3 Å². The highest BCUT2D eigenvalue weighted by atomic mass is 19.4. The Morgan fingerprint density at radius 2 is 1.88 bits per heavy atom. The Labute approximate surface area is 147 Å². The summed E-state index contributed by atoms with van der Waals surface area (Å²) in [4.78, 5) is 38.5. The second-order valence-corrected chi connectivity index (χ2v) is 6.41. The fraction of sp³-hybridized carbons (Fsp3) is 0.471. The first-order chi connectivity index (χ1) is 12.3. The molecule has 0 unspecified atom stereocenters. The number of carbonyl (C=O) groups is 3. The largest absolute Gasteiger partial charge is 0.416 e. The van der Waals surface area contributed by atoms with Gasteiger partial charge < -0.3 is 10.2 Å². The van der Waals surface area contributed by atoms with Gasteiger partial charge in [0.1, 0.15) is 0 Å². The van der Waals surface area contributed by atoms with Crippen LogP contribution in [0.1, 0.15) is 24.0 Å². The zero-order chi connectivity index (χ0) is 18.9. The molecule has 0 aliphatic carbocycles. The molecule has 0 spiro atoms. The summed E-state index contributed by atoms with van der Waals surface area (Å²) >= 11 is 0. The second kappa shape index (κ2) is 6.97. The van der Waals surface area contributed by atoms with Crippen molar-refractivity contribution in [3.05, 3.63) is 35.4 Å². The normalized spacial score (nSPS) is 19.0. The molecule has 9 heteroatoms. The van der Waals surface area contributed by atoms with Crippen molar-refractivity contribution in [1.82, 2.24) is 15.1 Å². The summed E-state index contributed by atoms with van der Waals surface area (Å²) in [6.07, 6.45) is -3.63. The third kappa shape index (κ3) is 3.81. The molecule has 140 valence electrons. The highest BCUT2D eigenvalue weighted by Gasteiger charge is 2.37. The number of carbonyl (C=O) groups excluding carboxylic acids is 3. The molecule has 2 aliphatic rings. The summed E-state index contributed by atoms with van der Waals surface area (Å²) in [6.45, 7) is 0.715. The smallest absolute Gasteiger partial charge is 0.342 e. The molecule has 4 amide bonds. The van der Waals surface area contributed by atoms with Crippen LogP contribution in [0.2, 0.25) is 0 Å². The number of piperidine rings is 1. The monoisotopic (exact) mass is 369 g/mol. The van der Waals surface area contributed by atoms with E-state index in [0.717, 1.165) is 12.1 Å². The molecule has 6 nitrogen and oxygen atoms in total. The number of imide groups is 1. The van der Waals surface area contributed by atoms with Gasteiger partial charge in [-0.1, -0.05) is 18.2 Å². The van der Waals surface area contributed by atoms with Crippen molar-refractivity contribution in [2.75, 3.05) is 19.6 Å². The van der Waals surface area contributed by atoms with Crippen molar-refractivity contribution in [3.8, 4) is 0 Å². The maximum absolute atomic E-state index is 12.8. The summed E-state index contributed by atoms with van der Waals surface area (Å²) in [7, 11) is 0. The van der Waals surface area contributed by atoms with E-state index in [0.29, 0.717) is 31.5 Å². The molecule has 26 heavy (non-hydrogen) atoms. The van der Waals surface area contributed by atoms with Crippen LogP contribution in [0, 0.1) is 0 Å². The number of halogens is 3. The van der Waals surface area contributed by atoms with Crippen LogP contribution in [-0.2, 0) is 22.2 Å². The molecule has 2 aliphatic heterocycles. The van der Waals surface area contributed by atoms with Crippen LogP contribution in [-0.4, -0.2) is 53.3 Å². The number of hydrogen-bond donors (Lipinski definition) is 1. The summed E-state index contributed by atoms with van der Waals surface area (Å²) in [5.41, 5.74) is -0.471. The van der Waals surface area contributed by atoms with Crippen molar-refractivity contribution in [2.45, 2.75) is 31.5 Å². The number of urea groups is 1. The molecule has 0 bridgehead atoms. The topological polar surface area (TPSA) is 69.7 Å². The Kier molecular flexibility index (Phi) is 4.88. The maximum Gasteiger partial charge on any atom is 0.416 e. The third-order valence-electron chi connectivity index (χ3n) is 4.67. The number of benzene rings is 1. The Morgan fingerprint density at radius 1 is 1.19 bits per heavy atom. The molecule has 0 aromatic heterocycles. The summed E-state index contributed by atoms with van der Waals surface area (Å²) in [5, 5.41) is 2.47. The minimum Gasteiger partial charge on any atom is -0.342 e. The van der Waals surface area contributed by atoms with Gasteiger partial charge in [0.25, 0.3) is 0 Å². The van der Waals surface area contributed by atoms with E-state index in [1.165, 1.54) is 17.0 Å². The molecule has 2 fully saturated rings. The van der Waals surface area contributed by atoms with Crippen LogP contribution in [0.4, 0.5) is 18.0 Å². The first-order valence-corrected chi connectivity index (χ1v) is 8.29. The van der Waals surface area contributed by atoms with E-state index in [1.807, 2.05) is 0 Å². The number of alkyl halides is 3. The standard InChI is InChI=1S/C17H18F3N3O3/c18-17(19,20)12-3-1-2-11(8-12)9-14(24)22-6-4-13(5-7-22)23-15(25)10-21-16(23)26/h1-3,8,13H,4-7,9-10H2,(H,21,26). The van der Waals surface area contributed by atoms with Gasteiger partial charge >= 0.3 is 12.2 Å². The minimum absolute atomic E-state index is 0.00642. The van der Waals surface area contributed by atoms with Crippen molar-refractivity contribution in [2.24, 2.45) is 0 Å². The quantitative estimate of drug-likeness (QED) is 0.826. The predicted octanol–water partition coefficient (Wildman–Crippen LogP) is 1.79. The lowest BCUT2D eigenvalue weighted by atomic mass is 10.0. The van der Waals surface area contributed by atoms with Crippen molar-refractivity contribution < 1.29 is 27.6 Å². The van der Waals surface area contributed by atoms with Crippen molar-refractivity contribution in [3.63, 3.8) is 0 Å². The number of likely N-dealkylation sites (tertiary alicyclic amines) is 1. The van der Waals surface area contributed by atoms with E-state index in [9.17, 15) is 27.6 Å². The molecular formula is C17H18F3N3O3. The van der Waals surface area contributed by atoms with Gasteiger partial charge in [0, 0.05) is 19.1 Å². The van der Waals surface area contributed by atoms with Gasteiger partial charge in [-0.15, -0.1) is 0 Å². The van der Waals surface area contributed by atoms with E-state index in [2.05, 4.69) is 5.32 Å². The first-order valence-electron chi connectivity index (χ1n) is 8.29. The fourth-order valence-corrected chi connectivity index (χ4v) is 3.32. The minimum atomic E-state index is -4.44. The lowest BCUT2D eigenvalue weighted by Crippen LogP contribution is -2.49. The summed E-state index contributed by atoms with van der Waals surface area (Å²) in [5.74, 6) is -0.538.